The largest absolute Gasteiger partial charge is 0.407 e. The van der Waals surface area contributed by atoms with Crippen LogP contribution in [0, 0.1) is 0 Å². The van der Waals surface area contributed by atoms with Crippen LogP contribution in [0.3, 0.4) is 0 Å². The molecule has 2 aromatic rings. The van der Waals surface area contributed by atoms with E-state index >= 15 is 0 Å². The van der Waals surface area contributed by atoms with Gasteiger partial charge in [-0.2, -0.15) is 0 Å². The summed E-state index contributed by atoms with van der Waals surface area (Å²) < 4.78 is 12.7. The van der Waals surface area contributed by atoms with E-state index in [1.54, 1.807) is 0 Å². The predicted molar refractivity (Wildman–Crippen MR) is 106 cm³/mol. The molecule has 0 bridgehead atoms. The minimum Gasteiger partial charge on any atom is -0.407 e. The molecule has 0 saturated carbocycles. The van der Waals surface area contributed by atoms with Crippen LogP contribution in [0.1, 0.15) is 26.2 Å². The molecule has 0 amide bonds. The first-order chi connectivity index (χ1) is 11.8. The van der Waals surface area contributed by atoms with Gasteiger partial charge < -0.3 is 9.16 Å². The topological polar surface area (TPSA) is 18.5 Å². The zero-order valence-electron chi connectivity index (χ0n) is 14.3. The standard InChI is InChI=1S/C20H26O2SSi/c1-2-3-14-20(21-15-16-23-20)17-22-24(18-10-6-4-7-11-18)19-12-8-5-9-13-19/h4-13,24H,2-3,14-17H2,1H3. The Morgan fingerprint density at radius 3 is 2.17 bits per heavy atom. The van der Waals surface area contributed by atoms with Gasteiger partial charge in [0.05, 0.1) is 13.2 Å². The van der Waals surface area contributed by atoms with Crippen LogP contribution >= 0.6 is 11.8 Å². The molecule has 0 spiro atoms. The first-order valence-corrected chi connectivity index (χ1v) is 11.4. The lowest BCUT2D eigenvalue weighted by Gasteiger charge is -2.29. The van der Waals surface area contributed by atoms with Gasteiger partial charge in [-0.15, -0.1) is 11.8 Å². The van der Waals surface area contributed by atoms with E-state index in [9.17, 15) is 0 Å². The SMILES string of the molecule is CCCCC1(CO[SiH](c2ccccc2)c2ccccc2)OCCS1. The fraction of sp³-hybridized carbons (Fsp3) is 0.400. The summed E-state index contributed by atoms with van der Waals surface area (Å²) >= 11 is 1.94. The lowest BCUT2D eigenvalue weighted by molar-refractivity contribution is 0.00859. The van der Waals surface area contributed by atoms with Gasteiger partial charge in [0, 0.05) is 5.75 Å². The minimum absolute atomic E-state index is 0.134. The van der Waals surface area contributed by atoms with Crippen molar-refractivity contribution in [1.82, 2.24) is 0 Å². The lowest BCUT2D eigenvalue weighted by Crippen LogP contribution is -2.48. The second kappa shape index (κ2) is 8.86. The molecule has 24 heavy (non-hydrogen) atoms. The van der Waals surface area contributed by atoms with Crippen molar-refractivity contribution in [2.24, 2.45) is 0 Å². The normalized spacial score (nSPS) is 20.6. The Hall–Kier alpha value is -1.07. The van der Waals surface area contributed by atoms with E-state index in [4.69, 9.17) is 9.16 Å². The second-order valence-corrected chi connectivity index (χ2v) is 10.1. The zero-order chi connectivity index (χ0) is 16.7. The Kier molecular flexibility index (Phi) is 6.55. The molecule has 0 aromatic heterocycles. The Morgan fingerprint density at radius 1 is 1.04 bits per heavy atom. The van der Waals surface area contributed by atoms with Gasteiger partial charge in [0.15, 0.2) is 0 Å². The zero-order valence-corrected chi connectivity index (χ0v) is 16.3. The number of hydrogen-bond donors (Lipinski definition) is 0. The van der Waals surface area contributed by atoms with Gasteiger partial charge in [0.1, 0.15) is 4.93 Å². The van der Waals surface area contributed by atoms with Gasteiger partial charge in [0.25, 0.3) is 0 Å². The Bertz CT molecular complexity index is 560. The molecule has 128 valence electrons. The Balaban J connectivity index is 1.77. The maximum absolute atomic E-state index is 6.59. The highest BCUT2D eigenvalue weighted by molar-refractivity contribution is 8.00. The summed E-state index contributed by atoms with van der Waals surface area (Å²) in [5.41, 5.74) is 0. The maximum Gasteiger partial charge on any atom is 0.240 e. The first kappa shape index (κ1) is 17.7. The number of thioether (sulfide) groups is 1. The Labute approximate surface area is 151 Å². The van der Waals surface area contributed by atoms with E-state index in [2.05, 4.69) is 67.6 Å². The molecule has 1 atom stereocenters. The molecule has 1 fully saturated rings. The van der Waals surface area contributed by atoms with E-state index < -0.39 is 9.04 Å². The van der Waals surface area contributed by atoms with Crippen LogP contribution in [0.25, 0.3) is 0 Å². The van der Waals surface area contributed by atoms with Crippen LogP contribution in [-0.4, -0.2) is 32.9 Å². The fourth-order valence-corrected chi connectivity index (χ4v) is 6.71. The summed E-state index contributed by atoms with van der Waals surface area (Å²) in [6.07, 6.45) is 3.47. The highest BCUT2D eigenvalue weighted by Crippen LogP contribution is 2.37. The van der Waals surface area contributed by atoms with Crippen molar-refractivity contribution in [3.05, 3.63) is 60.7 Å². The van der Waals surface area contributed by atoms with Crippen LogP contribution in [-0.2, 0) is 9.16 Å². The summed E-state index contributed by atoms with van der Waals surface area (Å²) in [5, 5.41) is 2.66. The average Bonchev–Trinajstić information content (AvgIpc) is 3.11. The van der Waals surface area contributed by atoms with E-state index in [1.165, 1.54) is 23.2 Å². The van der Waals surface area contributed by atoms with E-state index in [0.717, 1.165) is 18.8 Å². The highest BCUT2D eigenvalue weighted by atomic mass is 32.2. The Morgan fingerprint density at radius 2 is 1.67 bits per heavy atom. The molecule has 1 saturated heterocycles. The molecule has 2 aromatic carbocycles. The lowest BCUT2D eigenvalue weighted by atomic mass is 10.1. The van der Waals surface area contributed by atoms with Gasteiger partial charge in [-0.1, -0.05) is 74.0 Å². The van der Waals surface area contributed by atoms with Crippen molar-refractivity contribution in [1.29, 1.82) is 0 Å². The number of hydrogen-bond acceptors (Lipinski definition) is 3. The molecule has 2 nitrogen and oxygen atoms in total. The second-order valence-electron chi connectivity index (χ2n) is 6.22. The molecule has 0 radical (unpaired) electrons. The number of rotatable bonds is 8. The van der Waals surface area contributed by atoms with E-state index in [1.807, 2.05) is 11.8 Å². The first-order valence-electron chi connectivity index (χ1n) is 8.82. The van der Waals surface area contributed by atoms with Gasteiger partial charge in [-0.25, -0.2) is 0 Å². The smallest absolute Gasteiger partial charge is 0.240 e. The molecule has 1 unspecified atom stereocenters. The maximum atomic E-state index is 6.59. The third-order valence-electron chi connectivity index (χ3n) is 4.40. The molecule has 1 heterocycles. The summed E-state index contributed by atoms with van der Waals surface area (Å²) in [6, 6.07) is 21.4. The van der Waals surface area contributed by atoms with Crippen LogP contribution in [0.15, 0.2) is 60.7 Å². The summed E-state index contributed by atoms with van der Waals surface area (Å²) in [7, 11) is -1.68. The number of unbranched alkanes of at least 4 members (excludes halogenated alkanes) is 1. The molecular formula is C20H26O2SSi. The van der Waals surface area contributed by atoms with Crippen molar-refractivity contribution >= 4 is 31.2 Å². The van der Waals surface area contributed by atoms with E-state index in [-0.39, 0.29) is 4.93 Å². The van der Waals surface area contributed by atoms with Gasteiger partial charge in [-0.05, 0) is 23.2 Å². The molecule has 0 N–H and O–H groups in total. The van der Waals surface area contributed by atoms with Crippen molar-refractivity contribution in [3.63, 3.8) is 0 Å². The molecule has 3 rings (SSSR count). The van der Waals surface area contributed by atoms with Crippen LogP contribution in [0.2, 0.25) is 0 Å². The van der Waals surface area contributed by atoms with Crippen molar-refractivity contribution in [3.8, 4) is 0 Å². The highest BCUT2D eigenvalue weighted by Gasteiger charge is 2.37. The predicted octanol–water partition coefficient (Wildman–Crippen LogP) is 3.19. The molecule has 0 aliphatic carbocycles. The van der Waals surface area contributed by atoms with Gasteiger partial charge >= 0.3 is 0 Å². The van der Waals surface area contributed by atoms with Crippen LogP contribution in [0.4, 0.5) is 0 Å². The minimum atomic E-state index is -1.68. The molecular weight excluding hydrogens is 332 g/mol. The summed E-state index contributed by atoms with van der Waals surface area (Å²) in [6.45, 7) is 3.78. The van der Waals surface area contributed by atoms with Crippen LogP contribution < -0.4 is 10.4 Å². The van der Waals surface area contributed by atoms with Crippen molar-refractivity contribution < 1.29 is 9.16 Å². The quantitative estimate of drug-likeness (QED) is 0.675. The van der Waals surface area contributed by atoms with Gasteiger partial charge in [-0.3, -0.25) is 0 Å². The molecule has 1 aliphatic heterocycles. The van der Waals surface area contributed by atoms with Crippen molar-refractivity contribution in [2.45, 2.75) is 31.1 Å². The number of ether oxygens (including phenoxy) is 1. The van der Waals surface area contributed by atoms with E-state index in [0.29, 0.717) is 6.61 Å². The van der Waals surface area contributed by atoms with Crippen molar-refractivity contribution in [2.75, 3.05) is 19.0 Å². The monoisotopic (exact) mass is 358 g/mol. The average molecular weight is 359 g/mol. The summed E-state index contributed by atoms with van der Waals surface area (Å²) in [4.78, 5) is -0.134. The van der Waals surface area contributed by atoms with Gasteiger partial charge in [0.2, 0.25) is 9.04 Å². The molecule has 1 aliphatic rings. The van der Waals surface area contributed by atoms with Crippen LogP contribution in [0.5, 0.6) is 0 Å². The third kappa shape index (κ3) is 4.51. The summed E-state index contributed by atoms with van der Waals surface area (Å²) in [5.74, 6) is 1.08. The molecule has 4 heteroatoms. The fourth-order valence-electron chi connectivity index (χ4n) is 3.09. The third-order valence-corrected chi connectivity index (χ3v) is 8.22. The number of benzene rings is 2.